The molecule has 1 amide bonds. The topological polar surface area (TPSA) is 75.3 Å². The molecule has 2 rings (SSSR count). The Labute approximate surface area is 116 Å². The van der Waals surface area contributed by atoms with Crippen molar-refractivity contribution in [3.05, 3.63) is 0 Å². The summed E-state index contributed by atoms with van der Waals surface area (Å²) in [6.07, 6.45) is 6.97. The zero-order valence-corrected chi connectivity index (χ0v) is 12.0. The van der Waals surface area contributed by atoms with Crippen LogP contribution in [0.25, 0.3) is 0 Å². The summed E-state index contributed by atoms with van der Waals surface area (Å²) in [6, 6.07) is 0. The van der Waals surface area contributed by atoms with Crippen molar-refractivity contribution in [1.82, 2.24) is 5.32 Å². The van der Waals surface area contributed by atoms with Crippen LogP contribution in [0.15, 0.2) is 0 Å². The van der Waals surface area contributed by atoms with E-state index in [1.165, 1.54) is 6.42 Å². The highest BCUT2D eigenvalue weighted by Gasteiger charge is 2.36. The predicted octanol–water partition coefficient (Wildman–Crippen LogP) is 1.42. The van der Waals surface area contributed by atoms with Gasteiger partial charge in [-0.1, -0.05) is 26.2 Å². The Morgan fingerprint density at radius 3 is 2.84 bits per heavy atom. The van der Waals surface area contributed by atoms with E-state index < -0.39 is 5.60 Å². The number of carbonyl (C=O) groups is 1. The minimum absolute atomic E-state index is 0.0645. The summed E-state index contributed by atoms with van der Waals surface area (Å²) in [5.41, 5.74) is 5.03. The highest BCUT2D eigenvalue weighted by molar-refractivity contribution is 5.79. The minimum atomic E-state index is -0.690. The molecule has 0 aromatic rings. The Kier molecular flexibility index (Phi) is 4.85. The molecule has 0 aliphatic heterocycles. The van der Waals surface area contributed by atoms with E-state index in [1.54, 1.807) is 0 Å². The maximum absolute atomic E-state index is 12.2. The first-order chi connectivity index (χ1) is 9.04. The smallest absolute Gasteiger partial charge is 0.223 e. The number of carbonyl (C=O) groups excluding carboxylic acids is 1. The molecule has 0 aromatic heterocycles. The molecule has 0 radical (unpaired) electrons. The van der Waals surface area contributed by atoms with Gasteiger partial charge < -0.3 is 16.2 Å². The monoisotopic (exact) mass is 268 g/mol. The molecular weight excluding hydrogens is 240 g/mol. The van der Waals surface area contributed by atoms with Crippen LogP contribution in [0, 0.1) is 17.8 Å². The maximum atomic E-state index is 12.2. The van der Waals surface area contributed by atoms with Gasteiger partial charge in [0.15, 0.2) is 0 Å². The number of rotatable bonds is 4. The molecule has 4 unspecified atom stereocenters. The molecule has 110 valence electrons. The lowest BCUT2D eigenvalue weighted by Crippen LogP contribution is -2.47. The Bertz CT molecular complexity index is 321. The van der Waals surface area contributed by atoms with Crippen LogP contribution in [0.5, 0.6) is 0 Å². The van der Waals surface area contributed by atoms with Crippen LogP contribution in [0.4, 0.5) is 0 Å². The van der Waals surface area contributed by atoms with E-state index in [0.717, 1.165) is 38.5 Å². The summed E-state index contributed by atoms with van der Waals surface area (Å²) in [5, 5.41) is 13.5. The Balaban J connectivity index is 1.82. The van der Waals surface area contributed by atoms with Gasteiger partial charge in [0.25, 0.3) is 0 Å². The van der Waals surface area contributed by atoms with Gasteiger partial charge in [-0.3, -0.25) is 4.79 Å². The largest absolute Gasteiger partial charge is 0.388 e. The molecule has 4 nitrogen and oxygen atoms in total. The molecule has 4 atom stereocenters. The van der Waals surface area contributed by atoms with Crippen molar-refractivity contribution in [3.63, 3.8) is 0 Å². The average Bonchev–Trinajstić information content (AvgIpc) is 2.84. The first-order valence-corrected chi connectivity index (χ1v) is 7.74. The molecule has 0 heterocycles. The summed E-state index contributed by atoms with van der Waals surface area (Å²) in [5.74, 6) is 1.05. The Morgan fingerprint density at radius 2 is 2.16 bits per heavy atom. The van der Waals surface area contributed by atoms with Crippen molar-refractivity contribution in [3.8, 4) is 0 Å². The van der Waals surface area contributed by atoms with Crippen LogP contribution in [0.1, 0.15) is 51.9 Å². The van der Waals surface area contributed by atoms with Crippen molar-refractivity contribution >= 4 is 5.91 Å². The number of hydrogen-bond donors (Lipinski definition) is 3. The second-order valence-corrected chi connectivity index (χ2v) is 6.68. The van der Waals surface area contributed by atoms with E-state index in [0.29, 0.717) is 24.9 Å². The quantitative estimate of drug-likeness (QED) is 0.722. The lowest BCUT2D eigenvalue weighted by Gasteiger charge is -2.36. The average molecular weight is 268 g/mol. The van der Waals surface area contributed by atoms with Gasteiger partial charge in [0.05, 0.1) is 5.60 Å². The molecule has 4 heteroatoms. The van der Waals surface area contributed by atoms with Crippen LogP contribution in [-0.4, -0.2) is 29.7 Å². The third kappa shape index (κ3) is 3.69. The van der Waals surface area contributed by atoms with Gasteiger partial charge in [-0.15, -0.1) is 0 Å². The molecule has 0 saturated heterocycles. The van der Waals surface area contributed by atoms with Crippen molar-refractivity contribution in [2.24, 2.45) is 23.5 Å². The second kappa shape index (κ2) is 6.23. The van der Waals surface area contributed by atoms with Crippen molar-refractivity contribution < 1.29 is 9.90 Å². The number of aliphatic hydroxyl groups is 1. The van der Waals surface area contributed by atoms with Gasteiger partial charge in [0, 0.05) is 12.5 Å². The highest BCUT2D eigenvalue weighted by atomic mass is 16.3. The minimum Gasteiger partial charge on any atom is -0.388 e. The molecule has 0 spiro atoms. The van der Waals surface area contributed by atoms with E-state index in [-0.39, 0.29) is 11.8 Å². The SMILES string of the molecule is CC1CCCC(O)(CNC(=O)C2CCCC2CN)C1. The summed E-state index contributed by atoms with van der Waals surface area (Å²) in [6.45, 7) is 3.18. The van der Waals surface area contributed by atoms with Crippen LogP contribution in [0.2, 0.25) is 0 Å². The molecule has 4 N–H and O–H groups in total. The van der Waals surface area contributed by atoms with Crippen molar-refractivity contribution in [2.45, 2.75) is 57.5 Å². The molecule has 2 saturated carbocycles. The van der Waals surface area contributed by atoms with Crippen LogP contribution in [0.3, 0.4) is 0 Å². The van der Waals surface area contributed by atoms with Crippen molar-refractivity contribution in [1.29, 1.82) is 0 Å². The molecular formula is C15H28N2O2. The number of nitrogens with one attached hydrogen (secondary N) is 1. The molecule has 0 aromatic carbocycles. The van der Waals surface area contributed by atoms with Gasteiger partial charge in [-0.25, -0.2) is 0 Å². The van der Waals surface area contributed by atoms with Crippen molar-refractivity contribution in [2.75, 3.05) is 13.1 Å². The number of hydrogen-bond acceptors (Lipinski definition) is 3. The third-order valence-electron chi connectivity index (χ3n) is 4.96. The third-order valence-corrected chi connectivity index (χ3v) is 4.96. The van der Waals surface area contributed by atoms with Gasteiger partial charge >= 0.3 is 0 Å². The van der Waals surface area contributed by atoms with Gasteiger partial charge in [0.1, 0.15) is 0 Å². The summed E-state index contributed by atoms with van der Waals surface area (Å²) in [7, 11) is 0. The first kappa shape index (κ1) is 14.8. The first-order valence-electron chi connectivity index (χ1n) is 7.74. The predicted molar refractivity (Wildman–Crippen MR) is 75.5 cm³/mol. The molecule has 2 aliphatic carbocycles. The standard InChI is InChI=1S/C15H28N2O2/c1-11-4-3-7-15(19,8-11)10-17-14(18)13-6-2-5-12(13)9-16/h11-13,19H,2-10,16H2,1H3,(H,17,18). The van der Waals surface area contributed by atoms with Gasteiger partial charge in [-0.2, -0.15) is 0 Å². The van der Waals surface area contributed by atoms with E-state index in [4.69, 9.17) is 5.73 Å². The Morgan fingerprint density at radius 1 is 1.37 bits per heavy atom. The summed E-state index contributed by atoms with van der Waals surface area (Å²) >= 11 is 0. The highest BCUT2D eigenvalue weighted by Crippen LogP contribution is 2.33. The van der Waals surface area contributed by atoms with E-state index in [1.807, 2.05) is 0 Å². The lowest BCUT2D eigenvalue weighted by molar-refractivity contribution is -0.127. The van der Waals surface area contributed by atoms with Crippen LogP contribution in [-0.2, 0) is 4.79 Å². The summed E-state index contributed by atoms with van der Waals surface area (Å²) < 4.78 is 0. The molecule has 2 aliphatic rings. The fraction of sp³-hybridized carbons (Fsp3) is 0.933. The number of amides is 1. The zero-order chi connectivity index (χ0) is 13.9. The van der Waals surface area contributed by atoms with E-state index >= 15 is 0 Å². The van der Waals surface area contributed by atoms with E-state index in [9.17, 15) is 9.90 Å². The Hall–Kier alpha value is -0.610. The van der Waals surface area contributed by atoms with Gasteiger partial charge in [-0.05, 0) is 44.1 Å². The van der Waals surface area contributed by atoms with Crippen LogP contribution < -0.4 is 11.1 Å². The normalized spacial score (nSPS) is 39.2. The second-order valence-electron chi connectivity index (χ2n) is 6.68. The molecule has 2 fully saturated rings. The lowest BCUT2D eigenvalue weighted by atomic mass is 9.79. The fourth-order valence-corrected chi connectivity index (χ4v) is 3.84. The zero-order valence-electron chi connectivity index (χ0n) is 12.0. The van der Waals surface area contributed by atoms with E-state index in [2.05, 4.69) is 12.2 Å². The van der Waals surface area contributed by atoms with Crippen LogP contribution >= 0.6 is 0 Å². The maximum Gasteiger partial charge on any atom is 0.223 e. The molecule has 0 bridgehead atoms. The molecule has 19 heavy (non-hydrogen) atoms. The van der Waals surface area contributed by atoms with Gasteiger partial charge in [0.2, 0.25) is 5.91 Å². The summed E-state index contributed by atoms with van der Waals surface area (Å²) in [4.78, 5) is 12.2. The number of nitrogens with two attached hydrogens (primary N) is 1. The fourth-order valence-electron chi connectivity index (χ4n) is 3.84.